The molecule has 11 heavy (non-hydrogen) atoms. The van der Waals surface area contributed by atoms with Crippen molar-refractivity contribution in [2.75, 3.05) is 13.6 Å². The molecule has 0 aromatic heterocycles. The summed E-state index contributed by atoms with van der Waals surface area (Å²) in [7, 11) is 1.57. The van der Waals surface area contributed by atoms with Crippen LogP contribution in [0.1, 0.15) is 6.92 Å². The van der Waals surface area contributed by atoms with Crippen LogP contribution in [0.3, 0.4) is 0 Å². The molecule has 0 spiro atoms. The van der Waals surface area contributed by atoms with Gasteiger partial charge in [-0.1, -0.05) is 0 Å². The second-order valence-corrected chi connectivity index (χ2v) is 2.14. The predicted molar refractivity (Wildman–Crippen MR) is 42.4 cm³/mol. The minimum absolute atomic E-state index is 0.277. The van der Waals surface area contributed by atoms with Crippen LogP contribution in [-0.4, -0.2) is 22.9 Å². The quantitative estimate of drug-likeness (QED) is 0.393. The molecular weight excluding hydrogens is 170 g/mol. The van der Waals surface area contributed by atoms with Crippen LogP contribution in [0.4, 0.5) is 0 Å². The van der Waals surface area contributed by atoms with E-state index in [0.29, 0.717) is 6.54 Å². The van der Waals surface area contributed by atoms with E-state index in [-0.39, 0.29) is 5.82 Å². The molecule has 0 aromatic carbocycles. The number of nitrogens with zero attached hydrogens (tertiary/aromatic N) is 2. The van der Waals surface area contributed by atoms with Crippen molar-refractivity contribution in [2.45, 2.75) is 6.92 Å². The smallest absolute Gasteiger partial charge is 0.275 e. The zero-order chi connectivity index (χ0) is 8.85. The SMILES string of the molecule is CCN(Cl)/C(=C/[N+](=O)[O-])NC. The van der Waals surface area contributed by atoms with Gasteiger partial charge in [0.2, 0.25) is 0 Å². The Labute approximate surface area is 69.9 Å². The van der Waals surface area contributed by atoms with Crippen LogP contribution >= 0.6 is 11.8 Å². The average Bonchev–Trinajstić information content (AvgIpc) is 1.98. The summed E-state index contributed by atoms with van der Waals surface area (Å²) >= 11 is 5.57. The van der Waals surface area contributed by atoms with E-state index in [1.165, 1.54) is 4.42 Å². The van der Waals surface area contributed by atoms with Crippen LogP contribution in [0.5, 0.6) is 0 Å². The molecule has 0 bridgehead atoms. The van der Waals surface area contributed by atoms with Crippen molar-refractivity contribution in [3.63, 3.8) is 0 Å². The number of nitro groups is 1. The van der Waals surface area contributed by atoms with E-state index in [9.17, 15) is 10.1 Å². The van der Waals surface area contributed by atoms with Gasteiger partial charge in [0.1, 0.15) is 0 Å². The highest BCUT2D eigenvalue weighted by Gasteiger charge is 2.05. The van der Waals surface area contributed by atoms with Gasteiger partial charge in [0.15, 0.2) is 5.82 Å². The second kappa shape index (κ2) is 4.79. The monoisotopic (exact) mass is 179 g/mol. The lowest BCUT2D eigenvalue weighted by Gasteiger charge is -2.13. The van der Waals surface area contributed by atoms with Gasteiger partial charge in [-0.3, -0.25) is 14.5 Å². The van der Waals surface area contributed by atoms with Crippen molar-refractivity contribution in [2.24, 2.45) is 0 Å². The zero-order valence-corrected chi connectivity index (χ0v) is 7.13. The fourth-order valence-electron chi connectivity index (χ4n) is 0.519. The fraction of sp³-hybridized carbons (Fsp3) is 0.600. The Bertz CT molecular complexity index is 171. The van der Waals surface area contributed by atoms with Gasteiger partial charge in [0.25, 0.3) is 6.20 Å². The van der Waals surface area contributed by atoms with Crippen molar-refractivity contribution in [3.05, 3.63) is 22.1 Å². The first-order valence-corrected chi connectivity index (χ1v) is 3.42. The Balaban J connectivity index is 4.26. The summed E-state index contributed by atoms with van der Waals surface area (Å²) in [6.45, 7) is 2.29. The Hall–Kier alpha value is -0.970. The highest BCUT2D eigenvalue weighted by molar-refractivity contribution is 6.14. The van der Waals surface area contributed by atoms with E-state index in [1.54, 1.807) is 14.0 Å². The van der Waals surface area contributed by atoms with Gasteiger partial charge in [-0.05, 0) is 6.92 Å². The first kappa shape index (κ1) is 10.0. The van der Waals surface area contributed by atoms with Crippen molar-refractivity contribution in [1.82, 2.24) is 9.74 Å². The number of rotatable bonds is 4. The van der Waals surface area contributed by atoms with E-state index in [1.807, 2.05) is 0 Å². The Kier molecular flexibility index (Phi) is 4.36. The molecule has 0 aliphatic rings. The minimum Gasteiger partial charge on any atom is -0.369 e. The molecule has 1 N–H and O–H groups in total. The maximum absolute atomic E-state index is 9.99. The highest BCUT2D eigenvalue weighted by atomic mass is 35.5. The van der Waals surface area contributed by atoms with Crippen LogP contribution in [0, 0.1) is 10.1 Å². The van der Waals surface area contributed by atoms with Crippen molar-refractivity contribution >= 4 is 11.8 Å². The van der Waals surface area contributed by atoms with E-state index >= 15 is 0 Å². The molecule has 5 nitrogen and oxygen atoms in total. The van der Waals surface area contributed by atoms with Crippen molar-refractivity contribution in [3.8, 4) is 0 Å². The van der Waals surface area contributed by atoms with E-state index < -0.39 is 4.92 Å². The lowest BCUT2D eigenvalue weighted by Crippen LogP contribution is -2.22. The molecule has 6 heteroatoms. The minimum atomic E-state index is -0.559. The van der Waals surface area contributed by atoms with Gasteiger partial charge in [0, 0.05) is 25.4 Å². The fourth-order valence-corrected chi connectivity index (χ4v) is 0.647. The van der Waals surface area contributed by atoms with Gasteiger partial charge < -0.3 is 5.32 Å². The topological polar surface area (TPSA) is 58.4 Å². The van der Waals surface area contributed by atoms with Crippen LogP contribution < -0.4 is 5.32 Å². The van der Waals surface area contributed by atoms with Crippen LogP contribution in [0.15, 0.2) is 12.0 Å². The molecular formula is C5H10ClN3O2. The molecule has 0 radical (unpaired) electrons. The van der Waals surface area contributed by atoms with Crippen LogP contribution in [-0.2, 0) is 0 Å². The maximum atomic E-state index is 9.99. The number of hydrogen-bond acceptors (Lipinski definition) is 4. The summed E-state index contributed by atoms with van der Waals surface area (Å²) in [6, 6.07) is 0. The Morgan fingerprint density at radius 3 is 2.73 bits per heavy atom. The first-order chi connectivity index (χ1) is 5.11. The largest absolute Gasteiger partial charge is 0.369 e. The summed E-state index contributed by atoms with van der Waals surface area (Å²) in [4.78, 5) is 9.43. The lowest BCUT2D eigenvalue weighted by molar-refractivity contribution is -0.404. The average molecular weight is 180 g/mol. The molecule has 0 amide bonds. The molecule has 0 aliphatic carbocycles. The third-order valence-corrected chi connectivity index (χ3v) is 1.44. The van der Waals surface area contributed by atoms with E-state index in [0.717, 1.165) is 6.20 Å². The highest BCUT2D eigenvalue weighted by Crippen LogP contribution is 2.02. The molecule has 0 aromatic rings. The van der Waals surface area contributed by atoms with E-state index in [4.69, 9.17) is 11.8 Å². The predicted octanol–water partition coefficient (Wildman–Crippen LogP) is 0.757. The molecule has 0 saturated carbocycles. The molecule has 64 valence electrons. The molecule has 0 fully saturated rings. The van der Waals surface area contributed by atoms with Crippen molar-refractivity contribution in [1.29, 1.82) is 0 Å². The summed E-state index contributed by atoms with van der Waals surface area (Å²) in [6.07, 6.45) is 0.816. The zero-order valence-electron chi connectivity index (χ0n) is 6.37. The molecule has 0 atom stereocenters. The van der Waals surface area contributed by atoms with Gasteiger partial charge in [0.05, 0.1) is 4.92 Å². The van der Waals surface area contributed by atoms with Crippen molar-refractivity contribution < 1.29 is 4.92 Å². The number of halogens is 1. The number of hydrogen-bond donors (Lipinski definition) is 1. The third kappa shape index (κ3) is 3.67. The molecule has 0 heterocycles. The summed E-state index contributed by atoms with van der Waals surface area (Å²) in [5.74, 6) is 0.277. The summed E-state index contributed by atoms with van der Waals surface area (Å²) < 4.78 is 1.23. The Morgan fingerprint density at radius 2 is 2.45 bits per heavy atom. The lowest BCUT2D eigenvalue weighted by atomic mass is 10.6. The second-order valence-electron chi connectivity index (χ2n) is 1.73. The molecule has 0 unspecified atom stereocenters. The van der Waals surface area contributed by atoms with Crippen LogP contribution in [0.2, 0.25) is 0 Å². The maximum Gasteiger partial charge on any atom is 0.275 e. The van der Waals surface area contributed by atoms with Gasteiger partial charge >= 0.3 is 0 Å². The first-order valence-electron chi connectivity index (χ1n) is 3.08. The van der Waals surface area contributed by atoms with E-state index in [2.05, 4.69) is 5.32 Å². The summed E-state index contributed by atoms with van der Waals surface area (Å²) in [5, 5.41) is 12.6. The Morgan fingerprint density at radius 1 is 1.91 bits per heavy atom. The van der Waals surface area contributed by atoms with Gasteiger partial charge in [-0.15, -0.1) is 0 Å². The number of nitrogens with one attached hydrogen (secondary N) is 1. The third-order valence-electron chi connectivity index (χ3n) is 1.02. The van der Waals surface area contributed by atoms with Gasteiger partial charge in [-0.2, -0.15) is 0 Å². The molecule has 0 rings (SSSR count). The van der Waals surface area contributed by atoms with Gasteiger partial charge in [-0.25, -0.2) is 0 Å². The molecule has 0 aliphatic heterocycles. The summed E-state index contributed by atoms with van der Waals surface area (Å²) in [5.41, 5.74) is 0. The normalized spacial score (nSPS) is 11.0. The molecule has 0 saturated heterocycles. The van der Waals surface area contributed by atoms with Crippen LogP contribution in [0.25, 0.3) is 0 Å². The standard InChI is InChI=1S/C5H10ClN3O2/c1-3-8(6)5(7-2)4-9(10)11/h4,7H,3H2,1-2H3/b5-4+.